The van der Waals surface area contributed by atoms with Crippen molar-refractivity contribution >= 4 is 40.1 Å². The largest absolute Gasteiger partial charge is 0.495 e. The van der Waals surface area contributed by atoms with Crippen LogP contribution in [-0.4, -0.2) is 66.1 Å². The van der Waals surface area contributed by atoms with Crippen LogP contribution in [0.5, 0.6) is 5.75 Å². The van der Waals surface area contributed by atoms with Gasteiger partial charge in [0, 0.05) is 49.4 Å². The summed E-state index contributed by atoms with van der Waals surface area (Å²) < 4.78 is 5.40. The maximum atomic E-state index is 13.0. The quantitative estimate of drug-likeness (QED) is 0.461. The topological polar surface area (TPSA) is 115 Å². The van der Waals surface area contributed by atoms with E-state index in [-0.39, 0.29) is 18.2 Å². The summed E-state index contributed by atoms with van der Waals surface area (Å²) in [5.74, 6) is -0.646. The maximum absolute atomic E-state index is 13.0. The second-order valence-electron chi connectivity index (χ2n) is 9.74. The number of aryl methyl sites for hydroxylation is 1. The normalized spacial score (nSPS) is 14.1. The van der Waals surface area contributed by atoms with Gasteiger partial charge in [0.15, 0.2) is 0 Å². The molecule has 4 rings (SSSR count). The molecule has 0 radical (unpaired) electrons. The van der Waals surface area contributed by atoms with Crippen LogP contribution in [0.25, 0.3) is 10.9 Å². The van der Waals surface area contributed by atoms with E-state index in [0.29, 0.717) is 43.3 Å². The molecule has 0 aliphatic carbocycles. The second-order valence-corrected chi connectivity index (χ2v) is 9.74. The highest BCUT2D eigenvalue weighted by atomic mass is 16.5. The lowest BCUT2D eigenvalue weighted by atomic mass is 9.89. The van der Waals surface area contributed by atoms with Gasteiger partial charge in [0.1, 0.15) is 11.4 Å². The maximum Gasteiger partial charge on any atom is 0.309 e. The van der Waals surface area contributed by atoms with E-state index in [9.17, 15) is 19.5 Å². The van der Waals surface area contributed by atoms with E-state index < -0.39 is 11.4 Å². The number of anilines is 2. The molecule has 0 atom stereocenters. The molecule has 2 amide bonds. The summed E-state index contributed by atoms with van der Waals surface area (Å²) in [7, 11) is 1.60. The van der Waals surface area contributed by atoms with Crippen LogP contribution < -0.4 is 15.0 Å². The van der Waals surface area contributed by atoms with Gasteiger partial charge in [0.05, 0.1) is 18.0 Å². The van der Waals surface area contributed by atoms with Gasteiger partial charge in [0.2, 0.25) is 5.91 Å². The summed E-state index contributed by atoms with van der Waals surface area (Å²) >= 11 is 0. The third kappa shape index (κ3) is 5.00. The standard InChI is InChI=1S/C27H32N4O5/c1-17-20-6-5-7-21(36-4)24(20)29-23(17)25(33)28-18-8-10-19(11-9-18)30-12-14-31(15-13-30)22(32)16-27(2,3)26(34)35/h5-11,29H,12-16H2,1-4H3,(H,28,33)(H,34,35). The average molecular weight is 493 g/mol. The molecule has 3 N–H and O–H groups in total. The number of carbonyl (C=O) groups is 3. The van der Waals surface area contributed by atoms with E-state index in [1.165, 1.54) is 0 Å². The summed E-state index contributed by atoms with van der Waals surface area (Å²) in [4.78, 5) is 43.9. The van der Waals surface area contributed by atoms with Gasteiger partial charge in [-0.15, -0.1) is 0 Å². The number of hydrogen-bond acceptors (Lipinski definition) is 5. The molecule has 9 nitrogen and oxygen atoms in total. The van der Waals surface area contributed by atoms with Crippen molar-refractivity contribution in [3.05, 3.63) is 53.7 Å². The SMILES string of the molecule is COc1cccc2c(C)c(C(=O)Nc3ccc(N4CCN(C(=O)CC(C)(C)C(=O)O)CC4)cc3)[nH]c12. The minimum atomic E-state index is -1.08. The molecule has 190 valence electrons. The van der Waals surface area contributed by atoms with Crippen molar-refractivity contribution in [3.8, 4) is 5.75 Å². The number of benzene rings is 2. The predicted octanol–water partition coefficient (Wildman–Crippen LogP) is 3.89. The Bertz CT molecular complexity index is 1290. The molecule has 2 aromatic carbocycles. The van der Waals surface area contributed by atoms with E-state index in [2.05, 4.69) is 15.2 Å². The fourth-order valence-electron chi connectivity index (χ4n) is 4.45. The highest BCUT2D eigenvalue weighted by Crippen LogP contribution is 2.30. The molecule has 0 saturated carbocycles. The third-order valence-corrected chi connectivity index (χ3v) is 6.80. The lowest BCUT2D eigenvalue weighted by Crippen LogP contribution is -2.49. The summed E-state index contributed by atoms with van der Waals surface area (Å²) in [6.45, 7) is 7.43. The van der Waals surface area contributed by atoms with Crippen LogP contribution in [0.1, 0.15) is 36.3 Å². The van der Waals surface area contributed by atoms with Crippen LogP contribution in [0.3, 0.4) is 0 Å². The Labute approximate surface area is 210 Å². The van der Waals surface area contributed by atoms with Crippen LogP contribution in [0.4, 0.5) is 11.4 Å². The number of hydrogen-bond donors (Lipinski definition) is 3. The highest BCUT2D eigenvalue weighted by molar-refractivity contribution is 6.08. The van der Waals surface area contributed by atoms with Crippen LogP contribution in [-0.2, 0) is 9.59 Å². The summed E-state index contributed by atoms with van der Waals surface area (Å²) in [5.41, 5.74) is 2.74. The molecule has 1 aliphatic heterocycles. The summed E-state index contributed by atoms with van der Waals surface area (Å²) in [6, 6.07) is 13.3. The van der Waals surface area contributed by atoms with E-state index in [4.69, 9.17) is 4.74 Å². The first kappa shape index (κ1) is 25.1. The van der Waals surface area contributed by atoms with Gasteiger partial charge >= 0.3 is 5.97 Å². The number of para-hydroxylation sites is 1. The predicted molar refractivity (Wildman–Crippen MR) is 139 cm³/mol. The van der Waals surface area contributed by atoms with E-state index in [1.54, 1.807) is 25.9 Å². The lowest BCUT2D eigenvalue weighted by molar-refractivity contribution is -0.151. The lowest BCUT2D eigenvalue weighted by Gasteiger charge is -2.37. The van der Waals surface area contributed by atoms with Crippen LogP contribution in [0.2, 0.25) is 0 Å². The molecule has 0 bridgehead atoms. The molecule has 2 heterocycles. The van der Waals surface area contributed by atoms with Gasteiger partial charge in [-0.05, 0) is 56.7 Å². The third-order valence-electron chi connectivity index (χ3n) is 6.80. The number of carbonyl (C=O) groups excluding carboxylic acids is 2. The van der Waals surface area contributed by atoms with Gasteiger partial charge < -0.3 is 29.9 Å². The van der Waals surface area contributed by atoms with Crippen LogP contribution in [0.15, 0.2) is 42.5 Å². The first-order chi connectivity index (χ1) is 17.1. The van der Waals surface area contributed by atoms with Crippen molar-refractivity contribution in [1.82, 2.24) is 9.88 Å². The van der Waals surface area contributed by atoms with Crippen molar-refractivity contribution in [1.29, 1.82) is 0 Å². The molecule has 1 fully saturated rings. The van der Waals surface area contributed by atoms with Gasteiger partial charge in [-0.2, -0.15) is 0 Å². The van der Waals surface area contributed by atoms with E-state index in [0.717, 1.165) is 22.2 Å². The monoisotopic (exact) mass is 492 g/mol. The van der Waals surface area contributed by atoms with Crippen molar-refractivity contribution in [2.24, 2.45) is 5.41 Å². The Morgan fingerprint density at radius 3 is 2.33 bits per heavy atom. The first-order valence-corrected chi connectivity index (χ1v) is 11.9. The van der Waals surface area contributed by atoms with Gasteiger partial charge in [-0.1, -0.05) is 12.1 Å². The number of aromatic nitrogens is 1. The van der Waals surface area contributed by atoms with Crippen LogP contribution >= 0.6 is 0 Å². The van der Waals surface area contributed by atoms with Crippen molar-refractivity contribution in [2.45, 2.75) is 27.2 Å². The number of piperazine rings is 1. The number of nitrogens with one attached hydrogen (secondary N) is 2. The zero-order valence-electron chi connectivity index (χ0n) is 21.1. The minimum absolute atomic E-state index is 0.0145. The van der Waals surface area contributed by atoms with Crippen LogP contribution in [0, 0.1) is 12.3 Å². The highest BCUT2D eigenvalue weighted by Gasteiger charge is 2.33. The fraction of sp³-hybridized carbons (Fsp3) is 0.370. The molecule has 1 aliphatic rings. The number of nitrogens with zero attached hydrogens (tertiary/aromatic N) is 2. The Kier molecular flexibility index (Phi) is 6.92. The zero-order chi connectivity index (χ0) is 26.0. The summed E-state index contributed by atoms with van der Waals surface area (Å²) in [6.07, 6.45) is -0.0145. The number of ether oxygens (including phenoxy) is 1. The number of amides is 2. The molecule has 1 saturated heterocycles. The Balaban J connectivity index is 1.36. The molecule has 0 unspecified atom stereocenters. The minimum Gasteiger partial charge on any atom is -0.495 e. The second kappa shape index (κ2) is 9.93. The Morgan fingerprint density at radius 2 is 1.72 bits per heavy atom. The number of aliphatic carboxylic acids is 1. The van der Waals surface area contributed by atoms with E-state index >= 15 is 0 Å². The smallest absolute Gasteiger partial charge is 0.309 e. The number of rotatable bonds is 7. The number of fused-ring (bicyclic) bond motifs is 1. The summed E-state index contributed by atoms with van der Waals surface area (Å²) in [5, 5.41) is 13.2. The number of carboxylic acids is 1. The number of methoxy groups -OCH3 is 1. The number of carboxylic acid groups (broad SMARTS) is 1. The number of aromatic amines is 1. The van der Waals surface area contributed by atoms with Gasteiger partial charge in [0.25, 0.3) is 5.91 Å². The van der Waals surface area contributed by atoms with Crippen molar-refractivity contribution in [2.75, 3.05) is 43.5 Å². The molecular formula is C27H32N4O5. The zero-order valence-corrected chi connectivity index (χ0v) is 21.1. The molecule has 3 aromatic rings. The van der Waals surface area contributed by atoms with Gasteiger partial charge in [-0.3, -0.25) is 14.4 Å². The Morgan fingerprint density at radius 1 is 1.06 bits per heavy atom. The number of H-pyrrole nitrogens is 1. The molecule has 1 aromatic heterocycles. The molecule has 0 spiro atoms. The molecular weight excluding hydrogens is 460 g/mol. The van der Waals surface area contributed by atoms with E-state index in [1.807, 2.05) is 49.4 Å². The Hall–Kier alpha value is -4.01. The van der Waals surface area contributed by atoms with Crippen molar-refractivity contribution < 1.29 is 24.2 Å². The molecule has 9 heteroatoms. The average Bonchev–Trinajstić information content (AvgIpc) is 3.21. The molecule has 36 heavy (non-hydrogen) atoms. The first-order valence-electron chi connectivity index (χ1n) is 11.9. The fourth-order valence-corrected chi connectivity index (χ4v) is 4.45. The van der Waals surface area contributed by atoms with Gasteiger partial charge in [-0.25, -0.2) is 0 Å². The van der Waals surface area contributed by atoms with Crippen molar-refractivity contribution in [3.63, 3.8) is 0 Å².